The van der Waals surface area contributed by atoms with E-state index < -0.39 is 5.41 Å². The predicted octanol–water partition coefficient (Wildman–Crippen LogP) is 17.3. The molecule has 0 N–H and O–H groups in total. The third-order valence-corrected chi connectivity index (χ3v) is 14.4. The predicted molar refractivity (Wildman–Crippen MR) is 283 cm³/mol. The molecule has 0 spiro atoms. The fourth-order valence-corrected chi connectivity index (χ4v) is 11.5. The molecule has 0 aliphatic heterocycles. The summed E-state index contributed by atoms with van der Waals surface area (Å²) in [4.78, 5) is 2.42. The van der Waals surface area contributed by atoms with E-state index in [1.54, 1.807) is 0 Å². The van der Waals surface area contributed by atoms with Gasteiger partial charge in [0.15, 0.2) is 0 Å². The minimum Gasteiger partial charge on any atom is -0.455 e. The summed E-state index contributed by atoms with van der Waals surface area (Å²) in [5, 5.41) is 6.96. The number of furan rings is 1. The molecule has 0 saturated heterocycles. The highest BCUT2D eigenvalue weighted by atomic mass is 16.3. The molecule has 68 heavy (non-hydrogen) atoms. The van der Waals surface area contributed by atoms with Gasteiger partial charge in [-0.3, -0.25) is 0 Å². The number of nitrogens with zero attached hydrogens (tertiary/aromatic N) is 2. The van der Waals surface area contributed by atoms with Gasteiger partial charge in [0, 0.05) is 49.7 Å². The Balaban J connectivity index is 0.955. The van der Waals surface area contributed by atoms with Crippen LogP contribution in [0.2, 0.25) is 0 Å². The lowest BCUT2D eigenvalue weighted by Crippen LogP contribution is -2.28. The number of para-hydroxylation sites is 3. The second-order valence-electron chi connectivity index (χ2n) is 18.0. The maximum atomic E-state index is 6.54. The van der Waals surface area contributed by atoms with Crippen LogP contribution in [0.4, 0.5) is 17.1 Å². The van der Waals surface area contributed by atoms with Crippen molar-refractivity contribution in [3.05, 3.63) is 277 Å². The maximum Gasteiger partial charge on any atom is 0.143 e. The van der Waals surface area contributed by atoms with Crippen molar-refractivity contribution < 1.29 is 4.42 Å². The highest BCUT2D eigenvalue weighted by molar-refractivity contribution is 6.15. The van der Waals surface area contributed by atoms with Gasteiger partial charge in [-0.25, -0.2) is 0 Å². The first-order chi connectivity index (χ1) is 33.7. The number of rotatable bonds is 7. The standard InChI is InChI=1S/C65H42N2O/c1-4-16-46(17-5-1)65(47-18-6-2-7-19-47)59-25-13-10-22-53(59)54-38-35-51(42-60(54)65)66(50-34-37-52-45(40-50)30-36-57-56-24-12-15-27-63(56)68-64(52)57)49-32-28-43(29-33-49)44-31-39-62-58(41-44)55-23-11-14-26-61(55)67(62)48-20-8-3-9-21-48/h1-42H. The van der Waals surface area contributed by atoms with E-state index in [2.05, 4.69) is 258 Å². The van der Waals surface area contributed by atoms with Gasteiger partial charge in [-0.15, -0.1) is 0 Å². The highest BCUT2D eigenvalue weighted by Gasteiger charge is 2.46. The second kappa shape index (κ2) is 15.1. The second-order valence-corrected chi connectivity index (χ2v) is 18.0. The van der Waals surface area contributed by atoms with Crippen LogP contribution in [0.15, 0.2) is 259 Å². The number of aromatic nitrogens is 1. The lowest BCUT2D eigenvalue weighted by molar-refractivity contribution is 0.672. The smallest absolute Gasteiger partial charge is 0.143 e. The Morgan fingerprint density at radius 2 is 0.941 bits per heavy atom. The molecular formula is C65H42N2O. The summed E-state index contributed by atoms with van der Waals surface area (Å²) in [6, 6.07) is 93.1. The summed E-state index contributed by atoms with van der Waals surface area (Å²) in [5.74, 6) is 0. The minimum atomic E-state index is -0.529. The number of hydrogen-bond donors (Lipinski definition) is 0. The van der Waals surface area contributed by atoms with Crippen LogP contribution in [0.5, 0.6) is 0 Å². The lowest BCUT2D eigenvalue weighted by Gasteiger charge is -2.35. The molecule has 1 aliphatic carbocycles. The Labute approximate surface area is 394 Å². The maximum absolute atomic E-state index is 6.54. The summed E-state index contributed by atoms with van der Waals surface area (Å²) < 4.78 is 8.91. The van der Waals surface area contributed by atoms with E-state index in [1.807, 2.05) is 6.07 Å². The Morgan fingerprint density at radius 1 is 0.353 bits per heavy atom. The largest absolute Gasteiger partial charge is 0.455 e. The molecule has 0 fully saturated rings. The molecule has 0 amide bonds. The Morgan fingerprint density at radius 3 is 1.74 bits per heavy atom. The van der Waals surface area contributed by atoms with Crippen LogP contribution in [0.1, 0.15) is 22.3 Å². The van der Waals surface area contributed by atoms with Crippen LogP contribution < -0.4 is 4.90 Å². The van der Waals surface area contributed by atoms with Gasteiger partial charge in [0.1, 0.15) is 11.2 Å². The zero-order chi connectivity index (χ0) is 44.8. The van der Waals surface area contributed by atoms with Crippen molar-refractivity contribution in [1.29, 1.82) is 0 Å². The van der Waals surface area contributed by atoms with Crippen LogP contribution >= 0.6 is 0 Å². The van der Waals surface area contributed by atoms with E-state index in [0.717, 1.165) is 61.0 Å². The van der Waals surface area contributed by atoms with Crippen molar-refractivity contribution in [1.82, 2.24) is 4.57 Å². The number of fused-ring (bicyclic) bond motifs is 11. The lowest BCUT2D eigenvalue weighted by atomic mass is 9.67. The normalized spacial score (nSPS) is 12.8. The number of hydrogen-bond acceptors (Lipinski definition) is 2. The summed E-state index contributed by atoms with van der Waals surface area (Å²) >= 11 is 0. The molecule has 2 aromatic heterocycles. The Bertz CT molecular complexity index is 4030. The zero-order valence-electron chi connectivity index (χ0n) is 37.1. The number of benzene rings is 11. The van der Waals surface area contributed by atoms with Crippen LogP contribution in [0.25, 0.3) is 82.5 Å². The summed E-state index contributed by atoms with van der Waals surface area (Å²) in [6.45, 7) is 0. The van der Waals surface area contributed by atoms with Gasteiger partial charge in [-0.1, -0.05) is 170 Å². The van der Waals surface area contributed by atoms with Gasteiger partial charge >= 0.3 is 0 Å². The molecule has 13 aromatic rings. The van der Waals surface area contributed by atoms with Crippen molar-refractivity contribution in [2.45, 2.75) is 5.41 Å². The third-order valence-electron chi connectivity index (χ3n) is 14.4. The summed E-state index contributed by atoms with van der Waals surface area (Å²) in [6.07, 6.45) is 0. The van der Waals surface area contributed by atoms with Gasteiger partial charge in [-0.2, -0.15) is 0 Å². The first kappa shape index (κ1) is 38.4. The molecule has 0 bridgehead atoms. The third kappa shape index (κ3) is 5.66. The van der Waals surface area contributed by atoms with Crippen molar-refractivity contribution in [3.8, 4) is 27.9 Å². The zero-order valence-corrected chi connectivity index (χ0v) is 37.1. The van der Waals surface area contributed by atoms with Gasteiger partial charge in [0.2, 0.25) is 0 Å². The van der Waals surface area contributed by atoms with Crippen molar-refractivity contribution in [2.24, 2.45) is 0 Å². The van der Waals surface area contributed by atoms with Gasteiger partial charge < -0.3 is 13.9 Å². The number of anilines is 3. The molecule has 318 valence electrons. The Kier molecular flexibility index (Phi) is 8.50. The van der Waals surface area contributed by atoms with Gasteiger partial charge in [0.05, 0.1) is 16.4 Å². The van der Waals surface area contributed by atoms with Crippen molar-refractivity contribution in [3.63, 3.8) is 0 Å². The Hall–Kier alpha value is -8.92. The molecule has 3 nitrogen and oxygen atoms in total. The monoisotopic (exact) mass is 866 g/mol. The quantitative estimate of drug-likeness (QED) is 0.159. The van der Waals surface area contributed by atoms with E-state index >= 15 is 0 Å². The minimum absolute atomic E-state index is 0.529. The SMILES string of the molecule is c1ccc(-n2c3ccccc3c3cc(-c4ccc(N(c5ccc6c(c5)C(c5ccccc5)(c5ccccc5)c5ccccc5-6)c5ccc6c(ccc7c8ccccc8oc67)c5)cc4)ccc32)cc1. The van der Waals surface area contributed by atoms with Crippen molar-refractivity contribution >= 4 is 71.6 Å². The fourth-order valence-electron chi connectivity index (χ4n) is 11.5. The van der Waals surface area contributed by atoms with Crippen molar-refractivity contribution in [2.75, 3.05) is 4.90 Å². The fraction of sp³-hybridized carbons (Fsp3) is 0.0154. The molecule has 2 heterocycles. The van der Waals surface area contributed by atoms with Gasteiger partial charge in [0.25, 0.3) is 0 Å². The van der Waals surface area contributed by atoms with Gasteiger partial charge in [-0.05, 0) is 135 Å². The topological polar surface area (TPSA) is 21.3 Å². The molecule has 3 heteroatoms. The summed E-state index contributed by atoms with van der Waals surface area (Å²) in [7, 11) is 0. The van der Waals surface area contributed by atoms with E-state index in [-0.39, 0.29) is 0 Å². The summed E-state index contributed by atoms with van der Waals surface area (Å²) in [5.41, 5.74) is 18.0. The molecule has 1 aliphatic rings. The first-order valence-corrected chi connectivity index (χ1v) is 23.4. The van der Waals surface area contributed by atoms with E-state index in [0.29, 0.717) is 0 Å². The first-order valence-electron chi connectivity index (χ1n) is 23.4. The molecule has 0 unspecified atom stereocenters. The van der Waals surface area contributed by atoms with Crippen LogP contribution in [-0.2, 0) is 5.41 Å². The van der Waals surface area contributed by atoms with E-state index in [9.17, 15) is 0 Å². The molecule has 0 atom stereocenters. The highest BCUT2D eigenvalue weighted by Crippen LogP contribution is 2.57. The average Bonchev–Trinajstić information content (AvgIpc) is 4.06. The van der Waals surface area contributed by atoms with Crippen LogP contribution in [-0.4, -0.2) is 4.57 Å². The molecule has 0 radical (unpaired) electrons. The molecular weight excluding hydrogens is 825 g/mol. The average molecular weight is 867 g/mol. The van der Waals surface area contributed by atoms with Crippen LogP contribution in [0.3, 0.4) is 0 Å². The molecule has 11 aromatic carbocycles. The van der Waals surface area contributed by atoms with Crippen LogP contribution in [0, 0.1) is 0 Å². The van der Waals surface area contributed by atoms with E-state index in [1.165, 1.54) is 60.8 Å². The van der Waals surface area contributed by atoms with E-state index in [4.69, 9.17) is 4.42 Å². The molecule has 0 saturated carbocycles. The molecule has 14 rings (SSSR count).